The van der Waals surface area contributed by atoms with Gasteiger partial charge < -0.3 is 15.8 Å². The van der Waals surface area contributed by atoms with Crippen molar-refractivity contribution in [3.8, 4) is 0 Å². The van der Waals surface area contributed by atoms with Crippen molar-refractivity contribution in [1.29, 1.82) is 0 Å². The minimum absolute atomic E-state index is 0.00185. The van der Waals surface area contributed by atoms with E-state index in [9.17, 15) is 4.79 Å². The third-order valence-corrected chi connectivity index (χ3v) is 2.14. The summed E-state index contributed by atoms with van der Waals surface area (Å²) in [5.74, 6) is -0.109. The third-order valence-electron chi connectivity index (χ3n) is 2.14. The number of hydrogen-bond donors (Lipinski definition) is 2. The van der Waals surface area contributed by atoms with E-state index in [4.69, 9.17) is 10.5 Å². The maximum atomic E-state index is 11.4. The van der Waals surface area contributed by atoms with Crippen molar-refractivity contribution in [3.63, 3.8) is 0 Å². The summed E-state index contributed by atoms with van der Waals surface area (Å²) in [5.41, 5.74) is 6.09. The van der Waals surface area contributed by atoms with Crippen LogP contribution in [0.3, 0.4) is 0 Å². The molecule has 0 aliphatic carbocycles. The van der Waals surface area contributed by atoms with Crippen LogP contribution >= 0.6 is 0 Å². The highest BCUT2D eigenvalue weighted by atomic mass is 16.5. The monoisotopic (exact) mass is 216 g/mol. The fourth-order valence-electron chi connectivity index (χ4n) is 1.34. The van der Waals surface area contributed by atoms with Crippen molar-refractivity contribution in [3.05, 3.63) is 0 Å². The quantitative estimate of drug-likeness (QED) is 0.717. The summed E-state index contributed by atoms with van der Waals surface area (Å²) in [7, 11) is 1.51. The number of carbonyl (C=O) groups is 1. The van der Waals surface area contributed by atoms with Crippen LogP contribution < -0.4 is 11.1 Å². The van der Waals surface area contributed by atoms with Crippen molar-refractivity contribution < 1.29 is 9.53 Å². The van der Waals surface area contributed by atoms with Gasteiger partial charge in [0.25, 0.3) is 0 Å². The van der Waals surface area contributed by atoms with Gasteiger partial charge in [-0.25, -0.2) is 0 Å². The molecule has 0 rings (SSSR count). The Morgan fingerprint density at radius 3 is 2.40 bits per heavy atom. The summed E-state index contributed by atoms with van der Waals surface area (Å²) < 4.78 is 4.89. The van der Waals surface area contributed by atoms with E-state index in [0.717, 1.165) is 6.42 Å². The molecule has 4 nitrogen and oxygen atoms in total. The van der Waals surface area contributed by atoms with Gasteiger partial charge in [0, 0.05) is 19.7 Å². The molecule has 2 atom stereocenters. The Balaban J connectivity index is 3.81. The molecule has 4 heteroatoms. The molecular formula is C11H24N2O2. The Labute approximate surface area is 92.6 Å². The molecule has 1 amide bonds. The van der Waals surface area contributed by atoms with Crippen LogP contribution in [0.1, 0.15) is 34.1 Å². The van der Waals surface area contributed by atoms with Gasteiger partial charge in [-0.15, -0.1) is 0 Å². The SMILES string of the molecule is COC(C)C(=O)NCC(N)CC(C)(C)C. The van der Waals surface area contributed by atoms with E-state index in [1.807, 2.05) is 0 Å². The van der Waals surface area contributed by atoms with Gasteiger partial charge >= 0.3 is 0 Å². The lowest BCUT2D eigenvalue weighted by atomic mass is 9.88. The molecule has 0 saturated heterocycles. The van der Waals surface area contributed by atoms with Crippen LogP contribution in [-0.4, -0.2) is 31.7 Å². The lowest BCUT2D eigenvalue weighted by Crippen LogP contribution is -2.42. The minimum Gasteiger partial charge on any atom is -0.372 e. The zero-order chi connectivity index (χ0) is 12.1. The molecule has 0 aliphatic heterocycles. The van der Waals surface area contributed by atoms with Gasteiger partial charge in [-0.3, -0.25) is 4.79 Å². The Hall–Kier alpha value is -0.610. The van der Waals surface area contributed by atoms with E-state index < -0.39 is 6.10 Å². The molecule has 0 heterocycles. The van der Waals surface area contributed by atoms with Crippen LogP contribution in [0, 0.1) is 5.41 Å². The van der Waals surface area contributed by atoms with E-state index in [0.29, 0.717) is 6.54 Å². The topological polar surface area (TPSA) is 64.3 Å². The van der Waals surface area contributed by atoms with Gasteiger partial charge in [-0.05, 0) is 18.8 Å². The molecular weight excluding hydrogens is 192 g/mol. The predicted octanol–water partition coefficient (Wildman–Crippen LogP) is 0.901. The largest absolute Gasteiger partial charge is 0.372 e. The molecule has 0 spiro atoms. The summed E-state index contributed by atoms with van der Waals surface area (Å²) in [6.45, 7) is 8.61. The zero-order valence-corrected chi connectivity index (χ0v) is 10.5. The minimum atomic E-state index is -0.410. The summed E-state index contributed by atoms with van der Waals surface area (Å²) >= 11 is 0. The van der Waals surface area contributed by atoms with Gasteiger partial charge in [0.2, 0.25) is 5.91 Å². The molecule has 0 aromatic heterocycles. The summed E-state index contributed by atoms with van der Waals surface area (Å²) in [4.78, 5) is 11.4. The van der Waals surface area contributed by atoms with Crippen molar-refractivity contribution in [2.45, 2.75) is 46.3 Å². The van der Waals surface area contributed by atoms with Crippen LogP contribution in [-0.2, 0) is 9.53 Å². The first-order valence-electron chi connectivity index (χ1n) is 5.32. The zero-order valence-electron chi connectivity index (χ0n) is 10.5. The summed E-state index contributed by atoms with van der Waals surface area (Å²) in [6, 6.07) is -0.00185. The highest BCUT2D eigenvalue weighted by Gasteiger charge is 2.17. The second-order valence-electron chi connectivity index (χ2n) is 5.15. The smallest absolute Gasteiger partial charge is 0.248 e. The second kappa shape index (κ2) is 6.08. The maximum absolute atomic E-state index is 11.4. The van der Waals surface area contributed by atoms with Crippen molar-refractivity contribution in [2.24, 2.45) is 11.1 Å². The second-order valence-corrected chi connectivity index (χ2v) is 5.15. The van der Waals surface area contributed by atoms with Crippen LogP contribution in [0.2, 0.25) is 0 Å². The molecule has 90 valence electrons. The number of ether oxygens (including phenoxy) is 1. The molecule has 2 unspecified atom stereocenters. The first-order chi connectivity index (χ1) is 6.76. The average Bonchev–Trinajstić information content (AvgIpc) is 2.10. The molecule has 0 fully saturated rings. The normalized spacial score (nSPS) is 15.9. The number of hydrogen-bond acceptors (Lipinski definition) is 3. The summed E-state index contributed by atoms with van der Waals surface area (Å²) in [6.07, 6.45) is 0.473. The Morgan fingerprint density at radius 2 is 2.00 bits per heavy atom. The fraction of sp³-hybridized carbons (Fsp3) is 0.909. The highest BCUT2D eigenvalue weighted by molar-refractivity contribution is 5.80. The molecule has 3 N–H and O–H groups in total. The Morgan fingerprint density at radius 1 is 1.47 bits per heavy atom. The molecule has 0 saturated carbocycles. The molecule has 15 heavy (non-hydrogen) atoms. The molecule has 0 radical (unpaired) electrons. The van der Waals surface area contributed by atoms with E-state index in [1.165, 1.54) is 7.11 Å². The number of rotatable bonds is 5. The van der Waals surface area contributed by atoms with E-state index in [-0.39, 0.29) is 17.4 Å². The highest BCUT2D eigenvalue weighted by Crippen LogP contribution is 2.19. The number of nitrogens with two attached hydrogens (primary N) is 1. The fourth-order valence-corrected chi connectivity index (χ4v) is 1.34. The van der Waals surface area contributed by atoms with E-state index in [2.05, 4.69) is 26.1 Å². The van der Waals surface area contributed by atoms with Crippen LogP contribution in [0.4, 0.5) is 0 Å². The lowest BCUT2D eigenvalue weighted by Gasteiger charge is -2.23. The molecule has 0 aromatic carbocycles. The molecule has 0 aromatic rings. The average molecular weight is 216 g/mol. The standard InChI is InChI=1S/C11H24N2O2/c1-8(15-5)10(14)13-7-9(12)6-11(2,3)4/h8-9H,6-7,12H2,1-5H3,(H,13,14). The number of carbonyl (C=O) groups excluding carboxylic acids is 1. The van der Waals surface area contributed by atoms with Crippen molar-refractivity contribution in [2.75, 3.05) is 13.7 Å². The molecule has 0 aliphatic rings. The first-order valence-corrected chi connectivity index (χ1v) is 5.32. The van der Waals surface area contributed by atoms with Gasteiger partial charge in [0.1, 0.15) is 6.10 Å². The van der Waals surface area contributed by atoms with E-state index in [1.54, 1.807) is 6.92 Å². The summed E-state index contributed by atoms with van der Waals surface area (Å²) in [5, 5.41) is 2.77. The maximum Gasteiger partial charge on any atom is 0.248 e. The number of nitrogens with one attached hydrogen (secondary N) is 1. The third kappa shape index (κ3) is 7.33. The van der Waals surface area contributed by atoms with Crippen LogP contribution in [0.25, 0.3) is 0 Å². The van der Waals surface area contributed by atoms with Crippen LogP contribution in [0.15, 0.2) is 0 Å². The lowest BCUT2D eigenvalue weighted by molar-refractivity contribution is -0.130. The van der Waals surface area contributed by atoms with Gasteiger partial charge in [0.15, 0.2) is 0 Å². The van der Waals surface area contributed by atoms with Gasteiger partial charge in [-0.1, -0.05) is 20.8 Å². The number of amides is 1. The first kappa shape index (κ1) is 14.4. The molecule has 0 bridgehead atoms. The van der Waals surface area contributed by atoms with Gasteiger partial charge in [-0.2, -0.15) is 0 Å². The Kier molecular flexibility index (Phi) is 5.83. The number of methoxy groups -OCH3 is 1. The van der Waals surface area contributed by atoms with Crippen LogP contribution in [0.5, 0.6) is 0 Å². The van der Waals surface area contributed by atoms with E-state index >= 15 is 0 Å². The van der Waals surface area contributed by atoms with Crippen molar-refractivity contribution >= 4 is 5.91 Å². The van der Waals surface area contributed by atoms with Gasteiger partial charge in [0.05, 0.1) is 0 Å². The predicted molar refractivity (Wildman–Crippen MR) is 61.5 cm³/mol. The van der Waals surface area contributed by atoms with Crippen molar-refractivity contribution in [1.82, 2.24) is 5.32 Å². The Bertz CT molecular complexity index is 199.